The van der Waals surface area contributed by atoms with Gasteiger partial charge in [0.25, 0.3) is 0 Å². The summed E-state index contributed by atoms with van der Waals surface area (Å²) in [5.74, 6) is -0.384. The molecule has 0 aliphatic carbocycles. The minimum absolute atomic E-state index is 0.0475. The second-order valence-corrected chi connectivity index (χ2v) is 9.17. The Balaban J connectivity index is 1.30. The van der Waals surface area contributed by atoms with E-state index in [-0.39, 0.29) is 17.7 Å². The predicted molar refractivity (Wildman–Crippen MR) is 144 cm³/mol. The Morgan fingerprint density at radius 2 is 1.78 bits per heavy atom. The summed E-state index contributed by atoms with van der Waals surface area (Å²) >= 11 is 0. The van der Waals surface area contributed by atoms with Crippen molar-refractivity contribution in [3.8, 4) is 11.3 Å². The molecule has 2 aromatic carbocycles. The maximum absolute atomic E-state index is 13.1. The maximum Gasteiger partial charge on any atom is 0.246 e. The van der Waals surface area contributed by atoms with Gasteiger partial charge in [0.1, 0.15) is 5.69 Å². The van der Waals surface area contributed by atoms with Crippen LogP contribution in [-0.4, -0.2) is 44.6 Å². The lowest BCUT2D eigenvalue weighted by Crippen LogP contribution is -2.43. The van der Waals surface area contributed by atoms with Crippen molar-refractivity contribution in [2.75, 3.05) is 18.4 Å². The monoisotopic (exact) mass is 491 g/mol. The Hall–Kier alpha value is -4.52. The van der Waals surface area contributed by atoms with Crippen LogP contribution in [-0.2, 0) is 16.1 Å². The average Bonchev–Trinajstić information content (AvgIpc) is 3.35. The fourth-order valence-corrected chi connectivity index (χ4v) is 4.56. The Kier molecular flexibility index (Phi) is 7.50. The van der Waals surface area contributed by atoms with Crippen molar-refractivity contribution < 1.29 is 9.59 Å². The molecule has 1 unspecified atom stereocenters. The first-order valence-electron chi connectivity index (χ1n) is 12.5. The van der Waals surface area contributed by atoms with Crippen molar-refractivity contribution >= 4 is 23.6 Å². The van der Waals surface area contributed by atoms with Crippen LogP contribution in [0.3, 0.4) is 0 Å². The zero-order valence-electron chi connectivity index (χ0n) is 20.5. The zero-order chi connectivity index (χ0) is 25.5. The number of nitrogens with zero attached hydrogens (tertiary/aromatic N) is 4. The number of piperidine rings is 1. The molecule has 7 heteroatoms. The Labute approximate surface area is 216 Å². The van der Waals surface area contributed by atoms with Crippen LogP contribution >= 0.6 is 0 Å². The number of pyridine rings is 1. The smallest absolute Gasteiger partial charge is 0.246 e. The molecule has 1 N–H and O–H groups in total. The lowest BCUT2D eigenvalue weighted by Gasteiger charge is -2.31. The summed E-state index contributed by atoms with van der Waals surface area (Å²) in [6.07, 6.45) is 10.4. The highest BCUT2D eigenvalue weighted by molar-refractivity contribution is 5.95. The number of carbonyl (C=O) groups excluding carboxylic acids is 2. The van der Waals surface area contributed by atoms with Gasteiger partial charge < -0.3 is 10.2 Å². The third-order valence-electron chi connectivity index (χ3n) is 6.46. The van der Waals surface area contributed by atoms with E-state index in [4.69, 9.17) is 5.10 Å². The van der Waals surface area contributed by atoms with Crippen LogP contribution in [0.15, 0.2) is 97.5 Å². The molecule has 4 aromatic rings. The van der Waals surface area contributed by atoms with E-state index in [1.807, 2.05) is 77.6 Å². The SMILES string of the molecule is O=C(Nc1ccccc1)C1CCCN(C(=O)/C=C/c2cn(Cc3ccccc3)nc2-c2cccnc2)C1. The number of likely N-dealkylation sites (tertiary alicyclic amines) is 1. The molecule has 1 atom stereocenters. The minimum atomic E-state index is -0.231. The minimum Gasteiger partial charge on any atom is -0.338 e. The summed E-state index contributed by atoms with van der Waals surface area (Å²) in [4.78, 5) is 31.9. The van der Waals surface area contributed by atoms with E-state index in [0.29, 0.717) is 19.6 Å². The number of amides is 2. The molecular formula is C30H29N5O2. The summed E-state index contributed by atoms with van der Waals surface area (Å²) in [6, 6.07) is 23.4. The largest absolute Gasteiger partial charge is 0.338 e. The molecule has 2 aromatic heterocycles. The quantitative estimate of drug-likeness (QED) is 0.374. The van der Waals surface area contributed by atoms with Crippen molar-refractivity contribution in [2.24, 2.45) is 5.92 Å². The Morgan fingerprint density at radius 1 is 1.00 bits per heavy atom. The molecule has 1 fully saturated rings. The van der Waals surface area contributed by atoms with Gasteiger partial charge >= 0.3 is 0 Å². The van der Waals surface area contributed by atoms with Crippen molar-refractivity contribution in [2.45, 2.75) is 19.4 Å². The van der Waals surface area contributed by atoms with Crippen molar-refractivity contribution in [1.29, 1.82) is 0 Å². The first-order chi connectivity index (χ1) is 18.2. The molecule has 5 rings (SSSR count). The molecule has 0 spiro atoms. The summed E-state index contributed by atoms with van der Waals surface area (Å²) in [6.45, 7) is 1.67. The molecular weight excluding hydrogens is 462 g/mol. The summed E-state index contributed by atoms with van der Waals surface area (Å²) in [5.41, 5.74) is 4.41. The predicted octanol–water partition coefficient (Wildman–Crippen LogP) is 4.88. The Bertz CT molecular complexity index is 1370. The number of anilines is 1. The molecule has 186 valence electrons. The van der Waals surface area contributed by atoms with Gasteiger partial charge in [-0.1, -0.05) is 48.5 Å². The van der Waals surface area contributed by atoms with Crippen LogP contribution in [0.25, 0.3) is 17.3 Å². The van der Waals surface area contributed by atoms with Crippen molar-refractivity contribution in [3.05, 3.63) is 109 Å². The van der Waals surface area contributed by atoms with E-state index in [0.717, 1.165) is 40.9 Å². The number of benzene rings is 2. The van der Waals surface area contributed by atoms with E-state index >= 15 is 0 Å². The van der Waals surface area contributed by atoms with Gasteiger partial charge in [-0.15, -0.1) is 0 Å². The number of aromatic nitrogens is 3. The molecule has 0 saturated carbocycles. The average molecular weight is 492 g/mol. The van der Waals surface area contributed by atoms with Gasteiger partial charge in [0, 0.05) is 54.6 Å². The number of rotatable bonds is 7. The van der Waals surface area contributed by atoms with Crippen LogP contribution < -0.4 is 5.32 Å². The maximum atomic E-state index is 13.1. The van der Waals surface area contributed by atoms with Crippen molar-refractivity contribution in [1.82, 2.24) is 19.7 Å². The molecule has 3 heterocycles. The van der Waals surface area contributed by atoms with Gasteiger partial charge in [-0.25, -0.2) is 0 Å². The van der Waals surface area contributed by atoms with E-state index in [1.54, 1.807) is 23.4 Å². The van der Waals surface area contributed by atoms with E-state index in [9.17, 15) is 9.59 Å². The van der Waals surface area contributed by atoms with Gasteiger partial charge in [-0.05, 0) is 48.7 Å². The lowest BCUT2D eigenvalue weighted by molar-refractivity contribution is -0.130. The number of nitrogens with one attached hydrogen (secondary N) is 1. The van der Waals surface area contributed by atoms with Gasteiger partial charge in [0.2, 0.25) is 11.8 Å². The molecule has 37 heavy (non-hydrogen) atoms. The molecule has 0 bridgehead atoms. The zero-order valence-corrected chi connectivity index (χ0v) is 20.5. The molecule has 2 amide bonds. The van der Waals surface area contributed by atoms with E-state index in [1.165, 1.54) is 0 Å². The van der Waals surface area contributed by atoms with Crippen LogP contribution in [0.1, 0.15) is 24.0 Å². The van der Waals surface area contributed by atoms with E-state index < -0.39 is 0 Å². The van der Waals surface area contributed by atoms with Crippen LogP contribution in [0.5, 0.6) is 0 Å². The first kappa shape index (κ1) is 24.2. The van der Waals surface area contributed by atoms with Gasteiger partial charge in [0.05, 0.1) is 12.5 Å². The molecule has 1 aliphatic rings. The van der Waals surface area contributed by atoms with Gasteiger partial charge in [0.15, 0.2) is 0 Å². The Morgan fingerprint density at radius 3 is 2.54 bits per heavy atom. The first-order valence-corrected chi connectivity index (χ1v) is 12.5. The standard InChI is InChI=1S/C30H29N5O2/c36-28(34-18-8-12-26(21-34)30(37)32-27-13-5-2-6-14-27)16-15-25-22-35(20-23-9-3-1-4-10-23)33-29(25)24-11-7-17-31-19-24/h1-7,9-11,13-17,19,22,26H,8,12,18,20-21H2,(H,32,37)/b16-15+. The van der Waals surface area contributed by atoms with Crippen LogP contribution in [0.4, 0.5) is 5.69 Å². The summed E-state index contributed by atoms with van der Waals surface area (Å²) in [5, 5.41) is 7.75. The fraction of sp³-hybridized carbons (Fsp3) is 0.200. The topological polar surface area (TPSA) is 80.1 Å². The second-order valence-electron chi connectivity index (χ2n) is 9.17. The van der Waals surface area contributed by atoms with Gasteiger partial charge in [-0.2, -0.15) is 5.10 Å². The number of hydrogen-bond acceptors (Lipinski definition) is 4. The van der Waals surface area contributed by atoms with Crippen molar-refractivity contribution in [3.63, 3.8) is 0 Å². The van der Waals surface area contributed by atoms with Crippen LogP contribution in [0.2, 0.25) is 0 Å². The molecule has 1 saturated heterocycles. The fourth-order valence-electron chi connectivity index (χ4n) is 4.56. The van der Waals surface area contributed by atoms with E-state index in [2.05, 4.69) is 22.4 Å². The third kappa shape index (κ3) is 6.19. The molecule has 0 radical (unpaired) electrons. The number of hydrogen-bond donors (Lipinski definition) is 1. The number of carbonyl (C=O) groups is 2. The molecule has 1 aliphatic heterocycles. The lowest BCUT2D eigenvalue weighted by atomic mass is 9.97. The third-order valence-corrected chi connectivity index (χ3v) is 6.46. The highest BCUT2D eigenvalue weighted by Crippen LogP contribution is 2.24. The molecule has 7 nitrogen and oxygen atoms in total. The van der Waals surface area contributed by atoms with Gasteiger partial charge in [-0.3, -0.25) is 19.3 Å². The highest BCUT2D eigenvalue weighted by Gasteiger charge is 2.27. The van der Waals surface area contributed by atoms with Crippen LogP contribution in [0, 0.1) is 5.92 Å². The summed E-state index contributed by atoms with van der Waals surface area (Å²) < 4.78 is 1.88. The normalized spacial score (nSPS) is 15.6. The highest BCUT2D eigenvalue weighted by atomic mass is 16.2. The number of para-hydroxylation sites is 1. The second kappa shape index (κ2) is 11.5. The summed E-state index contributed by atoms with van der Waals surface area (Å²) in [7, 11) is 0.